The van der Waals surface area contributed by atoms with E-state index in [9.17, 15) is 0 Å². The van der Waals surface area contributed by atoms with Gasteiger partial charge in [0.1, 0.15) is 11.5 Å². The molecular formula is C13H18O3. The van der Waals surface area contributed by atoms with Crippen LogP contribution in [0.3, 0.4) is 0 Å². The van der Waals surface area contributed by atoms with E-state index >= 15 is 0 Å². The zero-order chi connectivity index (χ0) is 11.8. The van der Waals surface area contributed by atoms with E-state index in [1.807, 2.05) is 13.0 Å². The molecule has 1 saturated heterocycles. The summed E-state index contributed by atoms with van der Waals surface area (Å²) in [6.07, 6.45) is 0. The molecule has 0 spiro atoms. The highest BCUT2D eigenvalue weighted by Gasteiger charge is 2.38. The molecule has 0 saturated carbocycles. The molecule has 0 bridgehead atoms. The van der Waals surface area contributed by atoms with Crippen molar-refractivity contribution in [3.63, 3.8) is 0 Å². The Morgan fingerprint density at radius 3 is 2.31 bits per heavy atom. The summed E-state index contributed by atoms with van der Waals surface area (Å²) in [6, 6.07) is 4.07. The van der Waals surface area contributed by atoms with Crippen LogP contribution < -0.4 is 9.47 Å². The molecule has 0 aliphatic carbocycles. The fourth-order valence-corrected chi connectivity index (χ4v) is 2.20. The quantitative estimate of drug-likeness (QED) is 0.785. The summed E-state index contributed by atoms with van der Waals surface area (Å²) in [5, 5.41) is 0. The van der Waals surface area contributed by atoms with Crippen molar-refractivity contribution in [1.82, 2.24) is 0 Å². The number of hydrogen-bond donors (Lipinski definition) is 0. The van der Waals surface area contributed by atoms with Gasteiger partial charge in [-0.2, -0.15) is 0 Å². The highest BCUT2D eigenvalue weighted by atomic mass is 16.5. The summed E-state index contributed by atoms with van der Waals surface area (Å²) in [6.45, 7) is 5.73. The lowest BCUT2D eigenvalue weighted by Gasteiger charge is -2.39. The monoisotopic (exact) mass is 222 g/mol. The van der Waals surface area contributed by atoms with E-state index in [1.54, 1.807) is 14.2 Å². The fourth-order valence-electron chi connectivity index (χ4n) is 2.20. The first-order valence-electron chi connectivity index (χ1n) is 5.42. The third-order valence-electron chi connectivity index (χ3n) is 3.27. The number of benzene rings is 1. The lowest BCUT2D eigenvalue weighted by atomic mass is 9.79. The molecule has 1 fully saturated rings. The standard InChI is InChI=1S/C13H18O3/c1-9-11(14-3)6-5-10(12(9)15-4)13(2)7-16-8-13/h5-6H,7-8H2,1-4H3. The predicted molar refractivity (Wildman–Crippen MR) is 62.5 cm³/mol. The maximum atomic E-state index is 5.51. The van der Waals surface area contributed by atoms with Gasteiger partial charge >= 0.3 is 0 Å². The second-order valence-corrected chi connectivity index (χ2v) is 4.53. The average Bonchev–Trinajstić information content (AvgIpc) is 2.25. The van der Waals surface area contributed by atoms with Crippen molar-refractivity contribution in [2.24, 2.45) is 0 Å². The highest BCUT2D eigenvalue weighted by Crippen LogP contribution is 2.41. The Morgan fingerprint density at radius 1 is 1.19 bits per heavy atom. The van der Waals surface area contributed by atoms with Crippen LogP contribution in [0.5, 0.6) is 11.5 Å². The van der Waals surface area contributed by atoms with Crippen LogP contribution in [0.1, 0.15) is 18.1 Å². The van der Waals surface area contributed by atoms with Crippen LogP contribution in [-0.2, 0) is 10.2 Å². The van der Waals surface area contributed by atoms with Crippen LogP contribution in [-0.4, -0.2) is 27.4 Å². The van der Waals surface area contributed by atoms with Crippen LogP contribution >= 0.6 is 0 Å². The number of methoxy groups -OCH3 is 2. The Kier molecular flexibility index (Phi) is 2.80. The Balaban J connectivity index is 2.50. The summed E-state index contributed by atoms with van der Waals surface area (Å²) >= 11 is 0. The molecule has 0 unspecified atom stereocenters. The maximum Gasteiger partial charge on any atom is 0.129 e. The summed E-state index contributed by atoms with van der Waals surface area (Å²) in [5.74, 6) is 1.79. The summed E-state index contributed by atoms with van der Waals surface area (Å²) in [4.78, 5) is 0. The second kappa shape index (κ2) is 3.98. The van der Waals surface area contributed by atoms with Gasteiger partial charge in [-0.05, 0) is 13.0 Å². The number of rotatable bonds is 3. The molecule has 0 aromatic heterocycles. The molecule has 0 amide bonds. The molecule has 1 aromatic rings. The van der Waals surface area contributed by atoms with E-state index in [2.05, 4.69) is 13.0 Å². The van der Waals surface area contributed by atoms with E-state index in [-0.39, 0.29) is 5.41 Å². The van der Waals surface area contributed by atoms with Crippen molar-refractivity contribution in [3.8, 4) is 11.5 Å². The minimum atomic E-state index is 0.0857. The van der Waals surface area contributed by atoms with Crippen molar-refractivity contribution >= 4 is 0 Å². The molecule has 2 rings (SSSR count). The van der Waals surface area contributed by atoms with Crippen LogP contribution in [0, 0.1) is 6.92 Å². The zero-order valence-corrected chi connectivity index (χ0v) is 10.3. The molecular weight excluding hydrogens is 204 g/mol. The van der Waals surface area contributed by atoms with Crippen LogP contribution in [0.4, 0.5) is 0 Å². The second-order valence-electron chi connectivity index (χ2n) is 4.53. The lowest BCUT2D eigenvalue weighted by molar-refractivity contribution is -0.0509. The normalized spacial score (nSPS) is 17.8. The van der Waals surface area contributed by atoms with Crippen molar-refractivity contribution in [2.75, 3.05) is 27.4 Å². The fraction of sp³-hybridized carbons (Fsp3) is 0.538. The third-order valence-corrected chi connectivity index (χ3v) is 3.27. The van der Waals surface area contributed by atoms with Crippen molar-refractivity contribution in [2.45, 2.75) is 19.3 Å². The van der Waals surface area contributed by atoms with Crippen LogP contribution in [0.2, 0.25) is 0 Å². The first-order chi connectivity index (χ1) is 7.62. The Labute approximate surface area is 96.3 Å². The molecule has 1 aliphatic rings. The Bertz CT molecular complexity index is 394. The van der Waals surface area contributed by atoms with Gasteiger partial charge < -0.3 is 14.2 Å². The molecule has 1 aromatic carbocycles. The van der Waals surface area contributed by atoms with E-state index in [4.69, 9.17) is 14.2 Å². The molecule has 0 atom stereocenters. The number of ether oxygens (including phenoxy) is 3. The van der Waals surface area contributed by atoms with E-state index in [1.165, 1.54) is 5.56 Å². The minimum Gasteiger partial charge on any atom is -0.496 e. The molecule has 3 nitrogen and oxygen atoms in total. The third kappa shape index (κ3) is 1.55. The minimum absolute atomic E-state index is 0.0857. The molecule has 0 N–H and O–H groups in total. The van der Waals surface area contributed by atoms with Gasteiger partial charge in [0.15, 0.2) is 0 Å². The van der Waals surface area contributed by atoms with E-state index in [0.29, 0.717) is 0 Å². The molecule has 1 aliphatic heterocycles. The Morgan fingerprint density at radius 2 is 1.88 bits per heavy atom. The van der Waals surface area contributed by atoms with Gasteiger partial charge in [0, 0.05) is 16.5 Å². The van der Waals surface area contributed by atoms with Gasteiger partial charge in [0.2, 0.25) is 0 Å². The van der Waals surface area contributed by atoms with Gasteiger partial charge in [-0.1, -0.05) is 13.0 Å². The van der Waals surface area contributed by atoms with Crippen molar-refractivity contribution in [1.29, 1.82) is 0 Å². The topological polar surface area (TPSA) is 27.7 Å². The first-order valence-corrected chi connectivity index (χ1v) is 5.42. The first kappa shape index (κ1) is 11.3. The molecule has 1 heterocycles. The number of hydrogen-bond acceptors (Lipinski definition) is 3. The average molecular weight is 222 g/mol. The van der Waals surface area contributed by atoms with Gasteiger partial charge in [0.05, 0.1) is 27.4 Å². The van der Waals surface area contributed by atoms with E-state index in [0.717, 1.165) is 30.3 Å². The largest absolute Gasteiger partial charge is 0.496 e. The van der Waals surface area contributed by atoms with E-state index < -0.39 is 0 Å². The molecule has 16 heavy (non-hydrogen) atoms. The SMILES string of the molecule is COc1ccc(C2(C)COC2)c(OC)c1C. The van der Waals surface area contributed by atoms with Gasteiger partial charge in [-0.3, -0.25) is 0 Å². The summed E-state index contributed by atoms with van der Waals surface area (Å²) in [5.41, 5.74) is 2.35. The van der Waals surface area contributed by atoms with Crippen LogP contribution in [0.15, 0.2) is 12.1 Å². The summed E-state index contributed by atoms with van der Waals surface area (Å²) < 4.78 is 16.1. The predicted octanol–water partition coefficient (Wildman–Crippen LogP) is 2.30. The van der Waals surface area contributed by atoms with Gasteiger partial charge in [0.25, 0.3) is 0 Å². The lowest BCUT2D eigenvalue weighted by Crippen LogP contribution is -2.44. The highest BCUT2D eigenvalue weighted by molar-refractivity contribution is 5.52. The van der Waals surface area contributed by atoms with Gasteiger partial charge in [-0.15, -0.1) is 0 Å². The summed E-state index contributed by atoms with van der Waals surface area (Å²) in [7, 11) is 3.38. The Hall–Kier alpha value is -1.22. The van der Waals surface area contributed by atoms with Crippen LogP contribution in [0.25, 0.3) is 0 Å². The van der Waals surface area contributed by atoms with Crippen molar-refractivity contribution in [3.05, 3.63) is 23.3 Å². The zero-order valence-electron chi connectivity index (χ0n) is 10.3. The maximum absolute atomic E-state index is 5.51. The smallest absolute Gasteiger partial charge is 0.129 e. The van der Waals surface area contributed by atoms with Crippen molar-refractivity contribution < 1.29 is 14.2 Å². The van der Waals surface area contributed by atoms with Gasteiger partial charge in [-0.25, -0.2) is 0 Å². The molecule has 88 valence electrons. The molecule has 0 radical (unpaired) electrons. The molecule has 3 heteroatoms.